The van der Waals surface area contributed by atoms with Crippen molar-refractivity contribution in [2.45, 2.75) is 24.7 Å². The maximum atomic E-state index is 12.8. The molecule has 2 rings (SSSR count). The Morgan fingerprint density at radius 1 is 1.35 bits per heavy atom. The molecule has 23 heavy (non-hydrogen) atoms. The van der Waals surface area contributed by atoms with Crippen molar-refractivity contribution in [2.75, 3.05) is 19.7 Å². The van der Waals surface area contributed by atoms with Crippen LogP contribution in [-0.2, 0) is 19.6 Å². The van der Waals surface area contributed by atoms with Crippen LogP contribution >= 0.6 is 0 Å². The maximum Gasteiger partial charge on any atom is 0.339 e. The van der Waals surface area contributed by atoms with Crippen LogP contribution in [0, 0.1) is 5.92 Å². The van der Waals surface area contributed by atoms with E-state index in [1.54, 1.807) is 13.0 Å². The maximum absolute atomic E-state index is 12.8. The molecule has 7 nitrogen and oxygen atoms in total. The van der Waals surface area contributed by atoms with E-state index in [-0.39, 0.29) is 30.2 Å². The molecule has 0 radical (unpaired) electrons. The van der Waals surface area contributed by atoms with Crippen molar-refractivity contribution in [3.05, 3.63) is 29.8 Å². The van der Waals surface area contributed by atoms with Gasteiger partial charge in [0.15, 0.2) is 0 Å². The monoisotopic (exact) mass is 341 g/mol. The van der Waals surface area contributed by atoms with Crippen molar-refractivity contribution >= 4 is 22.0 Å². The number of carbonyl (C=O) groups is 2. The van der Waals surface area contributed by atoms with E-state index in [2.05, 4.69) is 0 Å². The summed E-state index contributed by atoms with van der Waals surface area (Å²) in [6.45, 7) is 1.92. The zero-order chi connectivity index (χ0) is 17.0. The number of piperidine rings is 1. The van der Waals surface area contributed by atoms with Gasteiger partial charge in [0.25, 0.3) is 0 Å². The number of carboxylic acids is 1. The topological polar surface area (TPSA) is 101 Å². The number of benzene rings is 1. The van der Waals surface area contributed by atoms with E-state index in [1.165, 1.54) is 18.2 Å². The minimum atomic E-state index is -3.95. The number of aliphatic carboxylic acids is 1. The fraction of sp³-hybridized carbons (Fsp3) is 0.467. The zero-order valence-electron chi connectivity index (χ0n) is 12.8. The Hall–Kier alpha value is -1.93. The first-order chi connectivity index (χ1) is 10.9. The molecule has 1 fully saturated rings. The minimum absolute atomic E-state index is 0.0354. The second-order valence-corrected chi connectivity index (χ2v) is 7.16. The van der Waals surface area contributed by atoms with Crippen molar-refractivity contribution < 1.29 is 27.9 Å². The van der Waals surface area contributed by atoms with Crippen LogP contribution < -0.4 is 0 Å². The van der Waals surface area contributed by atoms with Crippen LogP contribution in [0.4, 0.5) is 0 Å². The van der Waals surface area contributed by atoms with Gasteiger partial charge in [0, 0.05) is 13.1 Å². The lowest BCUT2D eigenvalue weighted by Gasteiger charge is -2.30. The van der Waals surface area contributed by atoms with Gasteiger partial charge in [0.2, 0.25) is 10.0 Å². The van der Waals surface area contributed by atoms with Crippen molar-refractivity contribution in [1.82, 2.24) is 4.31 Å². The number of esters is 1. The fourth-order valence-electron chi connectivity index (χ4n) is 2.57. The summed E-state index contributed by atoms with van der Waals surface area (Å²) >= 11 is 0. The molecule has 1 unspecified atom stereocenters. The van der Waals surface area contributed by atoms with Crippen LogP contribution in [0.1, 0.15) is 30.1 Å². The number of hydrogen-bond donors (Lipinski definition) is 1. The van der Waals surface area contributed by atoms with Gasteiger partial charge < -0.3 is 9.84 Å². The van der Waals surface area contributed by atoms with Gasteiger partial charge in [-0.25, -0.2) is 13.2 Å². The van der Waals surface area contributed by atoms with Gasteiger partial charge in [-0.1, -0.05) is 12.1 Å². The first-order valence-electron chi connectivity index (χ1n) is 7.37. The molecule has 0 bridgehead atoms. The smallest absolute Gasteiger partial charge is 0.339 e. The van der Waals surface area contributed by atoms with Gasteiger partial charge in [-0.05, 0) is 31.9 Å². The summed E-state index contributed by atoms with van der Waals surface area (Å²) in [5.74, 6) is -2.45. The molecular formula is C15H19NO6S. The molecule has 1 aromatic carbocycles. The summed E-state index contributed by atoms with van der Waals surface area (Å²) in [4.78, 5) is 22.9. The van der Waals surface area contributed by atoms with E-state index in [1.807, 2.05) is 0 Å². The van der Waals surface area contributed by atoms with Crippen LogP contribution in [0.2, 0.25) is 0 Å². The lowest BCUT2D eigenvalue weighted by atomic mass is 10.0. The van der Waals surface area contributed by atoms with Crippen LogP contribution in [0.5, 0.6) is 0 Å². The third kappa shape index (κ3) is 3.70. The summed E-state index contributed by atoms with van der Waals surface area (Å²) in [7, 11) is -3.95. The summed E-state index contributed by atoms with van der Waals surface area (Å²) in [6.07, 6.45) is 0.915. The van der Waals surface area contributed by atoms with Gasteiger partial charge in [0.05, 0.1) is 23.0 Å². The van der Waals surface area contributed by atoms with E-state index >= 15 is 0 Å². The highest BCUT2D eigenvalue weighted by atomic mass is 32.2. The van der Waals surface area contributed by atoms with Crippen molar-refractivity contribution in [3.8, 4) is 0 Å². The molecule has 1 saturated heterocycles. The van der Waals surface area contributed by atoms with Crippen LogP contribution in [0.25, 0.3) is 0 Å². The summed E-state index contributed by atoms with van der Waals surface area (Å²) < 4.78 is 31.6. The molecular weight excluding hydrogens is 322 g/mol. The molecule has 1 aliphatic rings. The molecule has 8 heteroatoms. The van der Waals surface area contributed by atoms with E-state index in [4.69, 9.17) is 9.84 Å². The summed E-state index contributed by atoms with van der Waals surface area (Å²) in [5, 5.41) is 9.11. The SMILES string of the molecule is CCOC(=O)c1ccccc1S(=O)(=O)N1CCCC(C(=O)O)C1. The zero-order valence-corrected chi connectivity index (χ0v) is 13.6. The Bertz CT molecular complexity index is 700. The molecule has 1 aliphatic heterocycles. The van der Waals surface area contributed by atoms with Gasteiger partial charge in [0.1, 0.15) is 0 Å². The average molecular weight is 341 g/mol. The Kier molecular flexibility index (Phi) is 5.38. The normalized spacial score (nSPS) is 19.3. The van der Waals surface area contributed by atoms with Gasteiger partial charge in [-0.3, -0.25) is 4.79 Å². The molecule has 1 atom stereocenters. The van der Waals surface area contributed by atoms with Crippen LogP contribution in [0.3, 0.4) is 0 Å². The number of ether oxygens (including phenoxy) is 1. The molecule has 126 valence electrons. The number of hydrogen-bond acceptors (Lipinski definition) is 5. The van der Waals surface area contributed by atoms with Gasteiger partial charge in [-0.2, -0.15) is 4.31 Å². The second-order valence-electron chi connectivity index (χ2n) is 5.26. The van der Waals surface area contributed by atoms with E-state index in [0.717, 1.165) is 4.31 Å². The number of rotatable bonds is 5. The van der Waals surface area contributed by atoms with Gasteiger partial charge >= 0.3 is 11.9 Å². The molecule has 1 heterocycles. The first-order valence-corrected chi connectivity index (χ1v) is 8.81. The third-order valence-corrected chi connectivity index (χ3v) is 5.66. The molecule has 0 aromatic heterocycles. The van der Waals surface area contributed by atoms with Crippen molar-refractivity contribution in [2.24, 2.45) is 5.92 Å². The van der Waals surface area contributed by atoms with Gasteiger partial charge in [-0.15, -0.1) is 0 Å². The predicted octanol–water partition coefficient (Wildman–Crippen LogP) is 1.35. The summed E-state index contributed by atoms with van der Waals surface area (Å²) in [5.41, 5.74) is -0.0354. The second kappa shape index (κ2) is 7.10. The number of carbonyl (C=O) groups excluding carboxylic acids is 1. The lowest BCUT2D eigenvalue weighted by molar-refractivity contribution is -0.142. The highest BCUT2D eigenvalue weighted by Gasteiger charge is 2.35. The fourth-order valence-corrected chi connectivity index (χ4v) is 4.27. The van der Waals surface area contributed by atoms with E-state index in [0.29, 0.717) is 12.8 Å². The Morgan fingerprint density at radius 3 is 2.70 bits per heavy atom. The average Bonchev–Trinajstić information content (AvgIpc) is 2.55. The quantitative estimate of drug-likeness (QED) is 0.811. The van der Waals surface area contributed by atoms with Crippen LogP contribution in [-0.4, -0.2) is 49.5 Å². The molecule has 0 saturated carbocycles. The highest BCUT2D eigenvalue weighted by molar-refractivity contribution is 7.89. The molecule has 0 aliphatic carbocycles. The first kappa shape index (κ1) is 17.4. The van der Waals surface area contributed by atoms with Crippen molar-refractivity contribution in [1.29, 1.82) is 0 Å². The Balaban J connectivity index is 2.36. The highest BCUT2D eigenvalue weighted by Crippen LogP contribution is 2.26. The van der Waals surface area contributed by atoms with Crippen LogP contribution in [0.15, 0.2) is 29.2 Å². The molecule has 1 N–H and O–H groups in total. The Labute approximate surface area is 134 Å². The van der Waals surface area contributed by atoms with E-state index in [9.17, 15) is 18.0 Å². The largest absolute Gasteiger partial charge is 0.481 e. The number of carboxylic acid groups (broad SMARTS) is 1. The summed E-state index contributed by atoms with van der Waals surface area (Å²) in [6, 6.07) is 5.81. The van der Waals surface area contributed by atoms with E-state index < -0.39 is 27.9 Å². The number of nitrogens with zero attached hydrogens (tertiary/aromatic N) is 1. The molecule has 0 amide bonds. The number of sulfonamides is 1. The van der Waals surface area contributed by atoms with Crippen molar-refractivity contribution in [3.63, 3.8) is 0 Å². The molecule has 0 spiro atoms. The third-order valence-electron chi connectivity index (χ3n) is 3.73. The predicted molar refractivity (Wildman–Crippen MR) is 81.5 cm³/mol. The minimum Gasteiger partial charge on any atom is -0.481 e. The Morgan fingerprint density at radius 2 is 2.04 bits per heavy atom. The molecule has 1 aromatic rings. The lowest BCUT2D eigenvalue weighted by Crippen LogP contribution is -2.42. The standard InChI is InChI=1S/C15H19NO6S/c1-2-22-15(19)12-7-3-4-8-13(12)23(20,21)16-9-5-6-11(10-16)14(17)18/h3-4,7-8,11H,2,5-6,9-10H2,1H3,(H,17,18).